The summed E-state index contributed by atoms with van der Waals surface area (Å²) in [6, 6.07) is 37.2. The van der Waals surface area contributed by atoms with Gasteiger partial charge in [0, 0.05) is 0 Å². The molecule has 0 unspecified atom stereocenters. The van der Waals surface area contributed by atoms with Crippen LogP contribution in [0.3, 0.4) is 0 Å². The Morgan fingerprint density at radius 1 is 0.472 bits per heavy atom. The van der Waals surface area contributed by atoms with Crippen molar-refractivity contribution in [2.75, 3.05) is 12.3 Å². The topological polar surface area (TPSA) is 0 Å². The van der Waals surface area contributed by atoms with E-state index in [0.717, 1.165) is 11.8 Å². The van der Waals surface area contributed by atoms with E-state index < -0.39 is 0 Å². The Hall–Kier alpha value is -2.26. The summed E-state index contributed by atoms with van der Waals surface area (Å²) in [5.74, 6) is 1.63. The molecule has 5 rings (SSSR count). The van der Waals surface area contributed by atoms with E-state index >= 15 is 0 Å². The van der Waals surface area contributed by atoms with E-state index in [4.69, 9.17) is 0 Å². The first kappa shape index (κ1) is 25.4. The summed E-state index contributed by atoms with van der Waals surface area (Å²) in [6.45, 7) is 8.93. The summed E-state index contributed by atoms with van der Waals surface area (Å²) in [7, 11) is -0.681. The van der Waals surface area contributed by atoms with Crippen molar-refractivity contribution in [2.24, 2.45) is 11.8 Å². The molecule has 184 valence electrons. The smallest absolute Gasteiger partial charge is 0.0192 e. The first-order chi connectivity index (χ1) is 17.5. The van der Waals surface area contributed by atoms with E-state index in [-0.39, 0.29) is 15.8 Å². The molecule has 0 heterocycles. The summed E-state index contributed by atoms with van der Waals surface area (Å²) in [4.78, 5) is 0. The molecule has 4 aromatic rings. The van der Waals surface area contributed by atoms with Gasteiger partial charge in [0.15, 0.2) is 0 Å². The van der Waals surface area contributed by atoms with Gasteiger partial charge in [-0.05, 0) is 102 Å². The zero-order valence-electron chi connectivity index (χ0n) is 22.1. The van der Waals surface area contributed by atoms with Crippen LogP contribution < -0.4 is 21.2 Å². The first-order valence-corrected chi connectivity index (χ1v) is 16.3. The molecule has 0 radical (unpaired) electrons. The molecule has 4 aromatic carbocycles. The lowest BCUT2D eigenvalue weighted by atomic mass is 9.76. The van der Waals surface area contributed by atoms with Crippen molar-refractivity contribution in [1.82, 2.24) is 0 Å². The Morgan fingerprint density at radius 3 is 0.972 bits per heavy atom. The first-order valence-electron chi connectivity index (χ1n) is 13.3. The van der Waals surface area contributed by atoms with Crippen LogP contribution in [0.15, 0.2) is 97.1 Å². The van der Waals surface area contributed by atoms with Crippen LogP contribution in [0.4, 0.5) is 0 Å². The highest BCUT2D eigenvalue weighted by atomic mass is 31.1. The maximum Gasteiger partial charge on any atom is -0.0192 e. The Morgan fingerprint density at radius 2 is 0.750 bits per heavy atom. The van der Waals surface area contributed by atoms with E-state index in [1.54, 1.807) is 21.2 Å². The second kappa shape index (κ2) is 11.4. The minimum Gasteiger partial charge on any atom is -0.0614 e. The number of benzene rings is 4. The molecule has 2 heteroatoms. The predicted octanol–water partition coefficient (Wildman–Crippen LogP) is 7.51. The van der Waals surface area contributed by atoms with Gasteiger partial charge in [0.1, 0.15) is 0 Å². The molecule has 0 nitrogen and oxygen atoms in total. The summed E-state index contributed by atoms with van der Waals surface area (Å²) in [6.07, 6.45) is 5.40. The van der Waals surface area contributed by atoms with Gasteiger partial charge >= 0.3 is 0 Å². The monoisotopic (exact) mass is 508 g/mol. The highest BCUT2D eigenvalue weighted by Crippen LogP contribution is 2.50. The van der Waals surface area contributed by atoms with E-state index in [1.165, 1.54) is 47.4 Å². The number of hydrogen-bond donors (Lipinski definition) is 0. The summed E-state index contributed by atoms with van der Waals surface area (Å²) in [5.41, 5.74) is 5.50. The molecule has 1 saturated carbocycles. The second-order valence-corrected chi connectivity index (χ2v) is 15.2. The fourth-order valence-electron chi connectivity index (χ4n) is 5.49. The molecule has 0 bridgehead atoms. The van der Waals surface area contributed by atoms with Crippen molar-refractivity contribution in [3.63, 3.8) is 0 Å². The summed E-state index contributed by atoms with van der Waals surface area (Å²) >= 11 is 0. The Labute approximate surface area is 220 Å². The maximum absolute atomic E-state index is 2.44. The van der Waals surface area contributed by atoms with Gasteiger partial charge < -0.3 is 0 Å². The van der Waals surface area contributed by atoms with Gasteiger partial charge in [0.2, 0.25) is 0 Å². The number of aryl methyl sites for hydroxylation is 4. The van der Waals surface area contributed by atoms with Crippen LogP contribution in [-0.2, 0) is 0 Å². The molecule has 0 N–H and O–H groups in total. The summed E-state index contributed by atoms with van der Waals surface area (Å²) < 4.78 is 0. The van der Waals surface area contributed by atoms with Crippen LogP contribution >= 0.6 is 15.8 Å². The minimum atomic E-state index is -0.340. The van der Waals surface area contributed by atoms with Gasteiger partial charge in [0.05, 0.1) is 0 Å². The van der Waals surface area contributed by atoms with Crippen LogP contribution in [0.25, 0.3) is 0 Å². The average molecular weight is 509 g/mol. The van der Waals surface area contributed by atoms with Crippen molar-refractivity contribution in [1.29, 1.82) is 0 Å². The Balaban J connectivity index is 1.42. The van der Waals surface area contributed by atoms with Gasteiger partial charge in [-0.1, -0.05) is 119 Å². The highest BCUT2D eigenvalue weighted by molar-refractivity contribution is 7.73. The van der Waals surface area contributed by atoms with Crippen LogP contribution in [0.5, 0.6) is 0 Å². The van der Waals surface area contributed by atoms with E-state index in [9.17, 15) is 0 Å². The predicted molar refractivity (Wildman–Crippen MR) is 163 cm³/mol. The molecule has 1 fully saturated rings. The zero-order chi connectivity index (χ0) is 25.1. The fraction of sp³-hybridized carbons (Fsp3) is 0.294. The lowest BCUT2D eigenvalue weighted by Gasteiger charge is -2.41. The molecule has 1 aliphatic rings. The normalized spacial score (nSPS) is 17.4. The molecule has 36 heavy (non-hydrogen) atoms. The van der Waals surface area contributed by atoms with Crippen LogP contribution in [0, 0.1) is 39.5 Å². The fourth-order valence-corrected chi connectivity index (χ4v) is 11.3. The van der Waals surface area contributed by atoms with Gasteiger partial charge in [-0.2, -0.15) is 0 Å². The van der Waals surface area contributed by atoms with Gasteiger partial charge in [-0.3, -0.25) is 0 Å². The van der Waals surface area contributed by atoms with Crippen LogP contribution in [0.1, 0.15) is 35.1 Å². The van der Waals surface area contributed by atoms with Crippen molar-refractivity contribution in [3.8, 4) is 0 Å². The Bertz CT molecular complexity index is 1130. The third-order valence-electron chi connectivity index (χ3n) is 7.66. The lowest BCUT2D eigenvalue weighted by molar-refractivity contribution is 0.228. The van der Waals surface area contributed by atoms with Crippen molar-refractivity contribution in [2.45, 2.75) is 40.5 Å². The van der Waals surface area contributed by atoms with Crippen molar-refractivity contribution < 1.29 is 0 Å². The third kappa shape index (κ3) is 5.99. The molecular formula is C34H38P2. The molecule has 0 amide bonds. The standard InChI is InChI=1S/C34H38P2/c1-25-9-5-13-31(19-25)35(32-14-6-10-26(2)20-32)23-29-17-18-30(29)24-36(33-15-7-11-27(3)21-33)34-16-8-12-28(4)22-34/h5-16,19-22,29-30H,17-18,23-24H2,1-4H3/t29-,30-/m0/s1. The molecule has 0 saturated heterocycles. The highest BCUT2D eigenvalue weighted by Gasteiger charge is 2.35. The Kier molecular flexibility index (Phi) is 8.06. The van der Waals surface area contributed by atoms with Crippen LogP contribution in [-0.4, -0.2) is 12.3 Å². The zero-order valence-corrected chi connectivity index (χ0v) is 23.9. The molecule has 0 spiro atoms. The lowest BCUT2D eigenvalue weighted by Crippen LogP contribution is -2.35. The molecule has 2 atom stereocenters. The summed E-state index contributed by atoms with van der Waals surface area (Å²) in [5, 5.41) is 6.17. The van der Waals surface area contributed by atoms with Gasteiger partial charge in [0.25, 0.3) is 0 Å². The van der Waals surface area contributed by atoms with E-state index in [2.05, 4.69) is 125 Å². The van der Waals surface area contributed by atoms with Crippen molar-refractivity contribution in [3.05, 3.63) is 119 Å². The van der Waals surface area contributed by atoms with Crippen molar-refractivity contribution >= 4 is 37.1 Å². The van der Waals surface area contributed by atoms with Gasteiger partial charge in [-0.25, -0.2) is 0 Å². The maximum atomic E-state index is 2.44. The second-order valence-electron chi connectivity index (χ2n) is 10.7. The average Bonchev–Trinajstić information content (AvgIpc) is 2.84. The third-order valence-corrected chi connectivity index (χ3v) is 12.9. The SMILES string of the molecule is Cc1cccc(P(C[C@@H]2CC[C@H]2CP(c2cccc(C)c2)c2cccc(C)c2)c2cccc(C)c2)c1. The van der Waals surface area contributed by atoms with Crippen LogP contribution in [0.2, 0.25) is 0 Å². The van der Waals surface area contributed by atoms with Gasteiger partial charge in [-0.15, -0.1) is 0 Å². The largest absolute Gasteiger partial charge is 0.0614 e. The van der Waals surface area contributed by atoms with E-state index in [0.29, 0.717) is 0 Å². The minimum absolute atomic E-state index is 0.340. The molecule has 1 aliphatic carbocycles. The number of rotatable bonds is 8. The molecular weight excluding hydrogens is 470 g/mol. The molecule has 0 aliphatic heterocycles. The van der Waals surface area contributed by atoms with E-state index in [1.807, 2.05) is 0 Å². The quantitative estimate of drug-likeness (QED) is 0.216. The number of hydrogen-bond acceptors (Lipinski definition) is 0. The molecule has 0 aromatic heterocycles.